The van der Waals surface area contributed by atoms with Crippen LogP contribution in [0.2, 0.25) is 0 Å². The molecule has 140 valence electrons. The summed E-state index contributed by atoms with van der Waals surface area (Å²) in [7, 11) is 2.30. The van der Waals surface area contributed by atoms with E-state index in [1.54, 1.807) is 0 Å². The molecule has 0 N–H and O–H groups in total. The monoisotopic (exact) mass is 345 g/mol. The molecule has 1 atom stereocenters. The summed E-state index contributed by atoms with van der Waals surface area (Å²) in [5.41, 5.74) is 1.70. The third-order valence-electron chi connectivity index (χ3n) is 5.43. The first-order valence-electron chi connectivity index (χ1n) is 9.80. The highest BCUT2D eigenvalue weighted by Gasteiger charge is 2.28. The van der Waals surface area contributed by atoms with E-state index in [0.29, 0.717) is 5.41 Å². The van der Waals surface area contributed by atoms with Crippen LogP contribution in [0, 0.1) is 11.3 Å². The Hall–Kier alpha value is -1.10. The van der Waals surface area contributed by atoms with Gasteiger partial charge in [-0.2, -0.15) is 0 Å². The van der Waals surface area contributed by atoms with E-state index in [4.69, 9.17) is 4.74 Å². The van der Waals surface area contributed by atoms with Gasteiger partial charge in [0.1, 0.15) is 0 Å². The molecule has 0 aliphatic carbocycles. The van der Waals surface area contributed by atoms with E-state index in [9.17, 15) is 0 Å². The van der Waals surface area contributed by atoms with Crippen LogP contribution in [0.5, 0.6) is 0 Å². The molecule has 4 nitrogen and oxygen atoms in total. The minimum Gasteiger partial charge on any atom is -0.379 e. The second-order valence-electron chi connectivity index (χ2n) is 8.69. The highest BCUT2D eigenvalue weighted by atomic mass is 16.5. The largest absolute Gasteiger partial charge is 0.379 e. The highest BCUT2D eigenvalue weighted by molar-refractivity contribution is 5.46. The van der Waals surface area contributed by atoms with E-state index in [0.717, 1.165) is 38.8 Å². The van der Waals surface area contributed by atoms with Crippen molar-refractivity contribution >= 4 is 5.69 Å². The van der Waals surface area contributed by atoms with Gasteiger partial charge in [0.05, 0.1) is 13.2 Å². The van der Waals surface area contributed by atoms with Crippen LogP contribution in [0.4, 0.5) is 5.69 Å². The van der Waals surface area contributed by atoms with Gasteiger partial charge in [0.15, 0.2) is 0 Å². The van der Waals surface area contributed by atoms with E-state index in [1.165, 1.54) is 38.3 Å². The molecule has 25 heavy (non-hydrogen) atoms. The Balaban J connectivity index is 1.43. The quantitative estimate of drug-likeness (QED) is 0.756. The van der Waals surface area contributed by atoms with Crippen LogP contribution in [-0.4, -0.2) is 75.9 Å². The lowest BCUT2D eigenvalue weighted by Gasteiger charge is -2.37. The zero-order valence-corrected chi connectivity index (χ0v) is 16.3. The van der Waals surface area contributed by atoms with Crippen molar-refractivity contribution in [2.75, 3.05) is 71.0 Å². The van der Waals surface area contributed by atoms with Gasteiger partial charge in [0, 0.05) is 51.5 Å². The Kier molecular flexibility index (Phi) is 6.37. The van der Waals surface area contributed by atoms with E-state index in [2.05, 4.69) is 65.9 Å². The Morgan fingerprint density at radius 2 is 1.84 bits per heavy atom. The molecule has 0 amide bonds. The van der Waals surface area contributed by atoms with Crippen molar-refractivity contribution in [3.05, 3.63) is 30.3 Å². The Labute approximate surface area is 153 Å². The summed E-state index contributed by atoms with van der Waals surface area (Å²) in [5.74, 6) is 0.782. The Bertz CT molecular complexity index is 513. The van der Waals surface area contributed by atoms with Crippen molar-refractivity contribution in [3.8, 4) is 0 Å². The van der Waals surface area contributed by atoms with Crippen molar-refractivity contribution in [3.63, 3.8) is 0 Å². The van der Waals surface area contributed by atoms with Crippen LogP contribution in [0.15, 0.2) is 30.3 Å². The van der Waals surface area contributed by atoms with Gasteiger partial charge in [-0.1, -0.05) is 32.0 Å². The van der Waals surface area contributed by atoms with E-state index < -0.39 is 0 Å². The van der Waals surface area contributed by atoms with E-state index in [1.807, 2.05) is 0 Å². The number of benzene rings is 1. The zero-order chi connectivity index (χ0) is 17.7. The zero-order valence-electron chi connectivity index (χ0n) is 16.3. The molecule has 0 spiro atoms. The topological polar surface area (TPSA) is 19.0 Å². The third kappa shape index (κ3) is 5.70. The number of nitrogens with zero attached hydrogens (tertiary/aromatic N) is 3. The van der Waals surface area contributed by atoms with Crippen molar-refractivity contribution in [2.45, 2.75) is 20.3 Å². The van der Waals surface area contributed by atoms with Gasteiger partial charge in [-0.25, -0.2) is 0 Å². The fourth-order valence-corrected chi connectivity index (χ4v) is 4.51. The first-order chi connectivity index (χ1) is 12.0. The van der Waals surface area contributed by atoms with Gasteiger partial charge in [0.25, 0.3) is 0 Å². The van der Waals surface area contributed by atoms with Crippen LogP contribution in [0.25, 0.3) is 0 Å². The predicted octanol–water partition coefficient (Wildman–Crippen LogP) is 2.80. The molecule has 0 bridgehead atoms. The molecule has 2 saturated heterocycles. The maximum atomic E-state index is 5.47. The summed E-state index contributed by atoms with van der Waals surface area (Å²) in [6.07, 6.45) is 1.31. The number of ether oxygens (including phenoxy) is 1. The second kappa shape index (κ2) is 8.52. The molecule has 4 heteroatoms. The Morgan fingerprint density at radius 1 is 1.12 bits per heavy atom. The molecule has 1 aromatic rings. The van der Waals surface area contributed by atoms with Crippen LogP contribution < -0.4 is 4.90 Å². The van der Waals surface area contributed by atoms with Crippen LogP contribution >= 0.6 is 0 Å². The molecule has 3 rings (SSSR count). The maximum absolute atomic E-state index is 5.47. The SMILES string of the molecule is CN(C[C@@H]1CCN(c2ccccc2)C1)CC(C)(C)CN1CCOCC1. The number of para-hydroxylation sites is 1. The molecule has 2 aliphatic rings. The fourth-order valence-electron chi connectivity index (χ4n) is 4.51. The third-order valence-corrected chi connectivity index (χ3v) is 5.43. The minimum atomic E-state index is 0.323. The molecule has 2 aliphatic heterocycles. The first kappa shape index (κ1) is 18.7. The molecular weight excluding hydrogens is 310 g/mol. The average Bonchev–Trinajstić information content (AvgIpc) is 3.04. The molecule has 0 radical (unpaired) electrons. The van der Waals surface area contributed by atoms with Gasteiger partial charge in [0.2, 0.25) is 0 Å². The van der Waals surface area contributed by atoms with Gasteiger partial charge in [-0.05, 0) is 36.9 Å². The van der Waals surface area contributed by atoms with Crippen molar-refractivity contribution in [1.29, 1.82) is 0 Å². The molecule has 2 fully saturated rings. The summed E-state index contributed by atoms with van der Waals surface area (Å²) in [6.45, 7) is 14.7. The van der Waals surface area contributed by atoms with Crippen molar-refractivity contribution < 1.29 is 4.74 Å². The van der Waals surface area contributed by atoms with Crippen molar-refractivity contribution in [2.24, 2.45) is 11.3 Å². The highest BCUT2D eigenvalue weighted by Crippen LogP contribution is 2.25. The Morgan fingerprint density at radius 3 is 2.56 bits per heavy atom. The molecular formula is C21H35N3O. The number of morpholine rings is 1. The summed E-state index contributed by atoms with van der Waals surface area (Å²) in [5, 5.41) is 0. The van der Waals surface area contributed by atoms with Crippen LogP contribution in [-0.2, 0) is 4.74 Å². The smallest absolute Gasteiger partial charge is 0.0594 e. The van der Waals surface area contributed by atoms with Crippen LogP contribution in [0.3, 0.4) is 0 Å². The molecule has 0 aromatic heterocycles. The minimum absolute atomic E-state index is 0.323. The van der Waals surface area contributed by atoms with Crippen LogP contribution in [0.1, 0.15) is 20.3 Å². The lowest BCUT2D eigenvalue weighted by molar-refractivity contribution is 0.0159. The maximum Gasteiger partial charge on any atom is 0.0594 e. The van der Waals surface area contributed by atoms with E-state index >= 15 is 0 Å². The van der Waals surface area contributed by atoms with E-state index in [-0.39, 0.29) is 0 Å². The molecule has 2 heterocycles. The molecule has 1 aromatic carbocycles. The summed E-state index contributed by atoms with van der Waals surface area (Å²) >= 11 is 0. The molecule has 0 unspecified atom stereocenters. The lowest BCUT2D eigenvalue weighted by Crippen LogP contribution is -2.46. The lowest BCUT2D eigenvalue weighted by atomic mass is 9.91. The first-order valence-corrected chi connectivity index (χ1v) is 9.80. The number of rotatable bonds is 7. The number of hydrogen-bond donors (Lipinski definition) is 0. The normalized spacial score (nSPS) is 22.7. The number of anilines is 1. The van der Waals surface area contributed by atoms with Gasteiger partial charge in [-0.15, -0.1) is 0 Å². The standard InChI is InChI=1S/C21H35N3O/c1-21(2,18-23-11-13-25-14-12-23)17-22(3)15-19-9-10-24(16-19)20-7-5-4-6-8-20/h4-8,19H,9-18H2,1-3H3/t19-/m0/s1. The average molecular weight is 346 g/mol. The summed E-state index contributed by atoms with van der Waals surface area (Å²) < 4.78 is 5.47. The van der Waals surface area contributed by atoms with Gasteiger partial charge < -0.3 is 14.5 Å². The summed E-state index contributed by atoms with van der Waals surface area (Å²) in [4.78, 5) is 7.65. The fraction of sp³-hybridized carbons (Fsp3) is 0.714. The van der Waals surface area contributed by atoms with Crippen molar-refractivity contribution in [1.82, 2.24) is 9.80 Å². The van der Waals surface area contributed by atoms with Gasteiger partial charge >= 0.3 is 0 Å². The molecule has 0 saturated carbocycles. The second-order valence-corrected chi connectivity index (χ2v) is 8.69. The number of hydrogen-bond acceptors (Lipinski definition) is 4. The van der Waals surface area contributed by atoms with Gasteiger partial charge in [-0.3, -0.25) is 4.90 Å². The summed E-state index contributed by atoms with van der Waals surface area (Å²) in [6, 6.07) is 10.8. The predicted molar refractivity (Wildman–Crippen MR) is 105 cm³/mol.